The number of thiazole rings is 1. The van der Waals surface area contributed by atoms with Crippen LogP contribution >= 0.6 is 46.1 Å². The molecule has 1 atom stereocenters. The summed E-state index contributed by atoms with van der Waals surface area (Å²) in [6.45, 7) is 6.59. The van der Waals surface area contributed by atoms with Crippen molar-refractivity contribution < 1.29 is 9.53 Å². The second kappa shape index (κ2) is 9.08. The third kappa shape index (κ3) is 3.97. The fourth-order valence-electron chi connectivity index (χ4n) is 4.44. The van der Waals surface area contributed by atoms with Crippen molar-refractivity contribution in [1.82, 2.24) is 14.9 Å². The highest BCUT2D eigenvalue weighted by atomic mass is 35.5. The van der Waals surface area contributed by atoms with Crippen LogP contribution in [0.2, 0.25) is 15.1 Å². The number of halogens is 3. The van der Waals surface area contributed by atoms with Crippen molar-refractivity contribution in [2.75, 3.05) is 6.61 Å². The predicted octanol–water partition coefficient (Wildman–Crippen LogP) is 7.71. The Morgan fingerprint density at radius 3 is 2.76 bits per heavy atom. The van der Waals surface area contributed by atoms with Gasteiger partial charge in [0.15, 0.2) is 0 Å². The molecule has 5 rings (SSSR count). The van der Waals surface area contributed by atoms with E-state index in [2.05, 4.69) is 19.2 Å². The van der Waals surface area contributed by atoms with Crippen LogP contribution in [0.5, 0.6) is 5.75 Å². The van der Waals surface area contributed by atoms with Gasteiger partial charge in [0.2, 0.25) is 0 Å². The molecule has 4 aromatic rings. The Labute approximate surface area is 216 Å². The van der Waals surface area contributed by atoms with E-state index in [1.165, 1.54) is 11.3 Å². The molecule has 3 heterocycles. The van der Waals surface area contributed by atoms with E-state index in [1.807, 2.05) is 35.7 Å². The molecule has 0 saturated heterocycles. The number of aromatic nitrogens is 2. The quantitative estimate of drug-likeness (QED) is 0.273. The Bertz CT molecular complexity index is 1430. The molecular weight excluding hydrogens is 513 g/mol. The Kier molecular flexibility index (Phi) is 6.27. The lowest BCUT2D eigenvalue weighted by Gasteiger charge is -2.26. The molecule has 0 spiro atoms. The number of nitrogens with one attached hydrogen (secondary N) is 1. The predicted molar refractivity (Wildman–Crippen MR) is 139 cm³/mol. The van der Waals surface area contributed by atoms with Crippen LogP contribution in [0.4, 0.5) is 0 Å². The SMILES string of the molecule is Cc1nn2c(C(C)C)c(C(=O)N[C@H]3CCOc4ccccc43)sc2c1-c1cc(Cl)cc(Cl)c1Cl. The second-order valence-electron chi connectivity index (χ2n) is 8.60. The fourth-order valence-corrected chi connectivity index (χ4v) is 6.50. The fraction of sp³-hybridized carbons (Fsp3) is 0.280. The van der Waals surface area contributed by atoms with Gasteiger partial charge in [-0.2, -0.15) is 5.10 Å². The molecule has 1 amide bonds. The van der Waals surface area contributed by atoms with Crippen LogP contribution in [-0.2, 0) is 0 Å². The number of hydrogen-bond acceptors (Lipinski definition) is 4. The van der Waals surface area contributed by atoms with Crippen LogP contribution in [-0.4, -0.2) is 22.1 Å². The van der Waals surface area contributed by atoms with Crippen LogP contribution in [0.3, 0.4) is 0 Å². The summed E-state index contributed by atoms with van der Waals surface area (Å²) in [4.78, 5) is 15.0. The van der Waals surface area contributed by atoms with Gasteiger partial charge in [-0.3, -0.25) is 4.79 Å². The van der Waals surface area contributed by atoms with E-state index in [0.717, 1.165) is 33.1 Å². The number of carbonyl (C=O) groups is 1. The first-order valence-corrected chi connectivity index (χ1v) is 12.9. The number of rotatable bonds is 4. The molecule has 176 valence electrons. The molecule has 1 N–H and O–H groups in total. The molecule has 34 heavy (non-hydrogen) atoms. The van der Waals surface area contributed by atoms with Gasteiger partial charge in [0.1, 0.15) is 15.5 Å². The van der Waals surface area contributed by atoms with Crippen molar-refractivity contribution in [3.63, 3.8) is 0 Å². The molecule has 2 aromatic carbocycles. The molecule has 1 aliphatic rings. The molecule has 0 unspecified atom stereocenters. The molecule has 0 radical (unpaired) electrons. The van der Waals surface area contributed by atoms with E-state index in [0.29, 0.717) is 38.5 Å². The third-order valence-corrected chi connectivity index (χ3v) is 8.15. The highest BCUT2D eigenvalue weighted by Gasteiger charge is 2.29. The van der Waals surface area contributed by atoms with Crippen LogP contribution in [0, 0.1) is 6.92 Å². The number of carbonyl (C=O) groups excluding carboxylic acids is 1. The summed E-state index contributed by atoms with van der Waals surface area (Å²) < 4.78 is 7.61. The van der Waals surface area contributed by atoms with Gasteiger partial charge in [-0.15, -0.1) is 11.3 Å². The molecule has 0 saturated carbocycles. The third-order valence-electron chi connectivity index (χ3n) is 5.96. The van der Waals surface area contributed by atoms with Gasteiger partial charge in [-0.1, -0.05) is 66.8 Å². The summed E-state index contributed by atoms with van der Waals surface area (Å²) in [7, 11) is 0. The summed E-state index contributed by atoms with van der Waals surface area (Å²) >= 11 is 20.6. The van der Waals surface area contributed by atoms with E-state index in [-0.39, 0.29) is 17.9 Å². The Balaban J connectivity index is 1.61. The maximum atomic E-state index is 13.6. The summed E-state index contributed by atoms with van der Waals surface area (Å²) in [5.74, 6) is 0.760. The standard InChI is InChI=1S/C25H22Cl3N3O2S/c1-12(2)22-23(24(32)29-18-8-9-33-19-7-5-4-6-15(18)19)34-25-20(13(3)30-31(22)25)16-10-14(26)11-17(27)21(16)28/h4-7,10-12,18H,8-9H2,1-3H3,(H,29,32)/t18-/m0/s1. The van der Waals surface area contributed by atoms with Crippen LogP contribution < -0.4 is 10.1 Å². The molecule has 0 fully saturated rings. The average Bonchev–Trinajstić information content (AvgIpc) is 3.31. The van der Waals surface area contributed by atoms with Gasteiger partial charge >= 0.3 is 0 Å². The maximum absolute atomic E-state index is 13.6. The molecule has 0 bridgehead atoms. The highest BCUT2D eigenvalue weighted by Crippen LogP contribution is 2.43. The maximum Gasteiger partial charge on any atom is 0.263 e. The summed E-state index contributed by atoms with van der Waals surface area (Å²) in [6.07, 6.45) is 0.712. The molecule has 1 aliphatic heterocycles. The first-order chi connectivity index (χ1) is 16.3. The van der Waals surface area contributed by atoms with Gasteiger partial charge in [-0.05, 0) is 31.0 Å². The lowest BCUT2D eigenvalue weighted by Crippen LogP contribution is -2.32. The van der Waals surface area contributed by atoms with Gasteiger partial charge < -0.3 is 10.1 Å². The minimum absolute atomic E-state index is 0.0713. The van der Waals surface area contributed by atoms with Gasteiger partial charge in [0, 0.05) is 28.1 Å². The van der Waals surface area contributed by atoms with Crippen molar-refractivity contribution in [3.05, 3.63) is 73.3 Å². The number of benzene rings is 2. The van der Waals surface area contributed by atoms with Gasteiger partial charge in [-0.25, -0.2) is 4.52 Å². The molecule has 2 aromatic heterocycles. The smallest absolute Gasteiger partial charge is 0.263 e. The Morgan fingerprint density at radius 1 is 1.24 bits per heavy atom. The zero-order chi connectivity index (χ0) is 24.1. The largest absolute Gasteiger partial charge is 0.493 e. The monoisotopic (exact) mass is 533 g/mol. The minimum atomic E-state index is -0.125. The van der Waals surface area contributed by atoms with Crippen LogP contribution in [0.25, 0.3) is 16.0 Å². The molecule has 9 heteroatoms. The van der Waals surface area contributed by atoms with E-state index in [4.69, 9.17) is 44.6 Å². The van der Waals surface area contributed by atoms with Crippen molar-refractivity contribution in [2.24, 2.45) is 0 Å². The summed E-state index contributed by atoms with van der Waals surface area (Å²) in [6, 6.07) is 11.1. The number of hydrogen-bond donors (Lipinski definition) is 1. The first-order valence-electron chi connectivity index (χ1n) is 11.0. The van der Waals surface area contributed by atoms with Gasteiger partial charge in [0.05, 0.1) is 34.1 Å². The molecule has 0 aliphatic carbocycles. The van der Waals surface area contributed by atoms with Crippen LogP contribution in [0.15, 0.2) is 36.4 Å². The van der Waals surface area contributed by atoms with Crippen molar-refractivity contribution in [2.45, 2.75) is 39.2 Å². The Morgan fingerprint density at radius 2 is 2.00 bits per heavy atom. The van der Waals surface area contributed by atoms with Crippen molar-refractivity contribution in [3.8, 4) is 16.9 Å². The number of fused-ring (bicyclic) bond motifs is 2. The van der Waals surface area contributed by atoms with Gasteiger partial charge in [0.25, 0.3) is 5.91 Å². The molecule has 5 nitrogen and oxygen atoms in total. The Hall–Kier alpha value is -2.25. The topological polar surface area (TPSA) is 55.6 Å². The van der Waals surface area contributed by atoms with E-state index >= 15 is 0 Å². The normalized spacial score (nSPS) is 15.4. The van der Waals surface area contributed by atoms with E-state index in [9.17, 15) is 4.79 Å². The summed E-state index contributed by atoms with van der Waals surface area (Å²) in [5.41, 5.74) is 4.17. The van der Waals surface area contributed by atoms with Crippen molar-refractivity contribution in [1.29, 1.82) is 0 Å². The van der Waals surface area contributed by atoms with E-state index < -0.39 is 0 Å². The van der Waals surface area contributed by atoms with E-state index in [1.54, 1.807) is 12.1 Å². The summed E-state index contributed by atoms with van der Waals surface area (Å²) in [5, 5.41) is 9.27. The number of amides is 1. The second-order valence-corrected chi connectivity index (χ2v) is 10.8. The number of para-hydroxylation sites is 1. The first kappa shape index (κ1) is 23.5. The minimum Gasteiger partial charge on any atom is -0.493 e. The highest BCUT2D eigenvalue weighted by molar-refractivity contribution is 7.20. The average molecular weight is 535 g/mol. The zero-order valence-corrected chi connectivity index (χ0v) is 21.9. The number of aryl methyl sites for hydroxylation is 1. The number of ether oxygens (including phenoxy) is 1. The zero-order valence-electron chi connectivity index (χ0n) is 18.8. The van der Waals surface area contributed by atoms with Crippen molar-refractivity contribution >= 4 is 56.9 Å². The lowest BCUT2D eigenvalue weighted by molar-refractivity contribution is 0.0927. The molecular formula is C25H22Cl3N3O2S. The van der Waals surface area contributed by atoms with Crippen LogP contribution in [0.1, 0.15) is 58.9 Å². The number of nitrogens with zero attached hydrogens (tertiary/aromatic N) is 2. The lowest BCUT2D eigenvalue weighted by atomic mass is 10.0.